The maximum Gasteiger partial charge on any atom is 0.220 e. The molecule has 4 aromatic heterocycles. The van der Waals surface area contributed by atoms with Gasteiger partial charge in [0, 0.05) is 17.5 Å². The van der Waals surface area contributed by atoms with Crippen LogP contribution in [0.4, 0.5) is 8.78 Å². The second-order valence-corrected chi connectivity index (χ2v) is 7.66. The number of hydrogen-bond acceptors (Lipinski definition) is 5. The van der Waals surface area contributed by atoms with Gasteiger partial charge in [0.25, 0.3) is 0 Å². The lowest BCUT2D eigenvalue weighted by atomic mass is 10.0. The second-order valence-electron chi connectivity index (χ2n) is 7.66. The summed E-state index contributed by atoms with van der Waals surface area (Å²) >= 11 is 0. The van der Waals surface area contributed by atoms with Gasteiger partial charge in [0.15, 0.2) is 11.5 Å². The first kappa shape index (κ1) is 16.6. The van der Waals surface area contributed by atoms with Crippen LogP contribution in [-0.4, -0.2) is 36.6 Å². The predicted octanol–water partition coefficient (Wildman–Crippen LogP) is 3.50. The van der Waals surface area contributed by atoms with E-state index in [9.17, 15) is 4.39 Å². The van der Waals surface area contributed by atoms with E-state index in [1.54, 1.807) is 23.9 Å². The number of ether oxygens (including phenoxy) is 1. The lowest BCUT2D eigenvalue weighted by Crippen LogP contribution is -2.04. The molecule has 146 valence electrons. The zero-order valence-electron chi connectivity index (χ0n) is 15.5. The van der Waals surface area contributed by atoms with Crippen molar-refractivity contribution in [2.75, 3.05) is 6.61 Å². The van der Waals surface area contributed by atoms with Crippen LogP contribution in [0.2, 0.25) is 0 Å². The van der Waals surface area contributed by atoms with E-state index < -0.39 is 11.6 Å². The first-order valence-electron chi connectivity index (χ1n) is 9.45. The van der Waals surface area contributed by atoms with Crippen LogP contribution in [0.15, 0.2) is 24.5 Å². The average molecular weight is 394 g/mol. The molecule has 7 nitrogen and oxygen atoms in total. The van der Waals surface area contributed by atoms with E-state index in [0.717, 1.165) is 12.6 Å². The highest BCUT2D eigenvalue weighted by Gasteiger charge is 2.42. The third-order valence-electron chi connectivity index (χ3n) is 5.74. The summed E-state index contributed by atoms with van der Waals surface area (Å²) in [5.41, 5.74) is 2.44. The first-order chi connectivity index (χ1) is 14.1. The van der Waals surface area contributed by atoms with Crippen molar-refractivity contribution >= 4 is 11.0 Å². The smallest absolute Gasteiger partial charge is 0.220 e. The highest BCUT2D eigenvalue weighted by atomic mass is 19.1. The maximum absolute atomic E-state index is 15.4. The molecule has 9 heteroatoms. The van der Waals surface area contributed by atoms with E-state index >= 15 is 4.39 Å². The minimum Gasteiger partial charge on any atom is -0.477 e. The number of pyridine rings is 2. The molecule has 0 bridgehead atoms. The number of aryl methyl sites for hydroxylation is 1. The summed E-state index contributed by atoms with van der Waals surface area (Å²) in [6.45, 7) is 2.88. The molecule has 6 rings (SSSR count). The first-order valence-corrected chi connectivity index (χ1v) is 9.45. The highest BCUT2D eigenvalue weighted by molar-refractivity contribution is 5.98. The molecule has 0 spiro atoms. The number of hydrogen-bond donors (Lipinski definition) is 1. The Morgan fingerprint density at radius 1 is 1.17 bits per heavy atom. The van der Waals surface area contributed by atoms with Crippen molar-refractivity contribution in [2.24, 2.45) is 11.8 Å². The summed E-state index contributed by atoms with van der Waals surface area (Å²) in [6.07, 6.45) is 3.77. The van der Waals surface area contributed by atoms with Crippen molar-refractivity contribution < 1.29 is 13.5 Å². The predicted molar refractivity (Wildman–Crippen MR) is 100 cm³/mol. The van der Waals surface area contributed by atoms with Gasteiger partial charge in [0.1, 0.15) is 11.5 Å². The Kier molecular flexibility index (Phi) is 3.33. The summed E-state index contributed by atoms with van der Waals surface area (Å²) in [6, 6.07) is 2.86. The monoisotopic (exact) mass is 394 g/mol. The number of aromatic amines is 1. The number of nitrogens with one attached hydrogen (secondary N) is 1. The molecular formula is C20H16F2N6O. The molecule has 0 amide bonds. The Bertz CT molecular complexity index is 1260. The van der Waals surface area contributed by atoms with Crippen LogP contribution >= 0.6 is 0 Å². The van der Waals surface area contributed by atoms with E-state index in [-0.39, 0.29) is 5.69 Å². The van der Waals surface area contributed by atoms with E-state index in [1.165, 1.54) is 6.07 Å². The summed E-state index contributed by atoms with van der Waals surface area (Å²) in [5, 5.41) is 12.1. The van der Waals surface area contributed by atoms with Crippen LogP contribution in [0, 0.1) is 30.4 Å². The Hall–Kier alpha value is -3.36. The summed E-state index contributed by atoms with van der Waals surface area (Å²) < 4.78 is 36.8. The maximum atomic E-state index is 15.4. The Morgan fingerprint density at radius 2 is 2.07 bits per heavy atom. The van der Waals surface area contributed by atoms with Gasteiger partial charge >= 0.3 is 0 Å². The lowest BCUT2D eigenvalue weighted by Gasteiger charge is -2.11. The van der Waals surface area contributed by atoms with E-state index in [1.807, 2.05) is 0 Å². The molecule has 2 aliphatic rings. The van der Waals surface area contributed by atoms with Crippen LogP contribution in [0.5, 0.6) is 5.88 Å². The highest BCUT2D eigenvalue weighted by Crippen LogP contribution is 2.48. The number of rotatable bonds is 2. The van der Waals surface area contributed by atoms with Gasteiger partial charge in [-0.05, 0) is 37.3 Å². The van der Waals surface area contributed by atoms with Gasteiger partial charge in [0.2, 0.25) is 5.88 Å². The van der Waals surface area contributed by atoms with Gasteiger partial charge in [-0.15, -0.1) is 0 Å². The average Bonchev–Trinajstić information content (AvgIpc) is 3.18. The van der Waals surface area contributed by atoms with Crippen LogP contribution in [0.25, 0.3) is 33.5 Å². The van der Waals surface area contributed by atoms with Gasteiger partial charge in [-0.1, -0.05) is 0 Å². The zero-order chi connectivity index (χ0) is 19.7. The molecule has 1 aliphatic carbocycles. The van der Waals surface area contributed by atoms with Crippen LogP contribution in [0.1, 0.15) is 12.1 Å². The third kappa shape index (κ3) is 2.46. The topological polar surface area (TPSA) is 81.5 Å². The lowest BCUT2D eigenvalue weighted by molar-refractivity contribution is 0.286. The van der Waals surface area contributed by atoms with Gasteiger partial charge in [-0.25, -0.2) is 18.4 Å². The summed E-state index contributed by atoms with van der Waals surface area (Å²) in [5.74, 6) is 0.614. The fraction of sp³-hybridized carbons (Fsp3) is 0.300. The molecule has 1 N–H and O–H groups in total. The van der Waals surface area contributed by atoms with Gasteiger partial charge in [-0.3, -0.25) is 10.1 Å². The van der Waals surface area contributed by atoms with E-state index in [4.69, 9.17) is 9.84 Å². The molecule has 0 unspecified atom stereocenters. The summed E-state index contributed by atoms with van der Waals surface area (Å²) in [4.78, 5) is 8.43. The minimum atomic E-state index is -0.462. The Balaban J connectivity index is 1.67. The molecule has 1 aliphatic heterocycles. The second kappa shape index (κ2) is 5.82. The molecule has 1 fully saturated rings. The Labute approximate surface area is 163 Å². The van der Waals surface area contributed by atoms with Crippen LogP contribution in [-0.2, 0) is 6.54 Å². The number of aromatic nitrogens is 6. The molecule has 0 aromatic carbocycles. The standard InChI is InChI=1S/C20H16F2N6O/c1-9-17(22)15(13-6-24-26-19(13)25-9)16-18(14-3-2-12(21)5-23-14)27-28-7-10-4-11(10)8-29-20(16)28/h2-3,5-6,10-11H,4,7-8H2,1H3,(H,24,25,26)/t10-,11+/m1/s1. The fourth-order valence-electron chi connectivity index (χ4n) is 4.09. The number of H-pyrrole nitrogens is 1. The van der Waals surface area contributed by atoms with Crippen molar-refractivity contribution in [3.8, 4) is 28.4 Å². The van der Waals surface area contributed by atoms with Crippen molar-refractivity contribution in [3.05, 3.63) is 41.9 Å². The number of nitrogens with zero attached hydrogens (tertiary/aromatic N) is 5. The third-order valence-corrected chi connectivity index (χ3v) is 5.74. The largest absolute Gasteiger partial charge is 0.477 e. The van der Waals surface area contributed by atoms with Crippen LogP contribution in [0.3, 0.4) is 0 Å². The zero-order valence-corrected chi connectivity index (χ0v) is 15.5. The molecule has 0 radical (unpaired) electrons. The molecule has 0 saturated heterocycles. The van der Waals surface area contributed by atoms with Gasteiger partial charge in [0.05, 0.1) is 36.0 Å². The fourth-order valence-corrected chi connectivity index (χ4v) is 4.09. The van der Waals surface area contributed by atoms with Gasteiger partial charge in [-0.2, -0.15) is 10.2 Å². The van der Waals surface area contributed by atoms with Crippen molar-refractivity contribution in [3.63, 3.8) is 0 Å². The van der Waals surface area contributed by atoms with E-state index in [0.29, 0.717) is 64.4 Å². The Morgan fingerprint density at radius 3 is 2.90 bits per heavy atom. The molecule has 29 heavy (non-hydrogen) atoms. The molecule has 2 atom stereocenters. The van der Waals surface area contributed by atoms with Crippen molar-refractivity contribution in [1.82, 2.24) is 29.9 Å². The van der Waals surface area contributed by atoms with Crippen molar-refractivity contribution in [1.29, 1.82) is 0 Å². The normalized spacial score (nSPS) is 20.1. The van der Waals surface area contributed by atoms with Crippen molar-refractivity contribution in [2.45, 2.75) is 19.9 Å². The number of halogens is 2. The van der Waals surface area contributed by atoms with E-state index in [2.05, 4.69) is 20.2 Å². The molecule has 1 saturated carbocycles. The SMILES string of the molecule is Cc1nc2[nH]ncc2c(-c2c(-c3ccc(F)cn3)nn3c2OC[C@@H]2C[C@@H]2C3)c1F. The van der Waals surface area contributed by atoms with Crippen LogP contribution < -0.4 is 4.74 Å². The molecule has 5 heterocycles. The summed E-state index contributed by atoms with van der Waals surface area (Å²) in [7, 11) is 0. The quantitative estimate of drug-likeness (QED) is 0.563. The molecule has 4 aromatic rings. The minimum absolute atomic E-state index is 0.242. The molecular weight excluding hydrogens is 378 g/mol. The van der Waals surface area contributed by atoms with Gasteiger partial charge < -0.3 is 4.74 Å². The number of fused-ring (bicyclic) bond motifs is 3.